The predicted molar refractivity (Wildman–Crippen MR) is 80.9 cm³/mol. The highest BCUT2D eigenvalue weighted by atomic mass is 79.9. The minimum Gasteiger partial charge on any atom is -0.326 e. The fourth-order valence-electron chi connectivity index (χ4n) is 2.73. The lowest BCUT2D eigenvalue weighted by Crippen LogP contribution is -2.34. The number of rotatable bonds is 3. The van der Waals surface area contributed by atoms with E-state index in [1.807, 2.05) is 12.1 Å². The maximum atomic E-state index is 6.34. The lowest BCUT2D eigenvalue weighted by molar-refractivity contribution is 0.221. The second-order valence-electron chi connectivity index (χ2n) is 5.45. The average molecular weight is 332 g/mol. The van der Waals surface area contributed by atoms with E-state index in [1.54, 1.807) is 0 Å². The number of halogens is 2. The Bertz CT molecular complexity index is 422. The number of hydrogen-bond donors (Lipinski definition) is 1. The highest BCUT2D eigenvalue weighted by Gasteiger charge is 2.34. The Balaban J connectivity index is 2.30. The maximum Gasteiger partial charge on any atom is 0.0514 e. The Kier molecular flexibility index (Phi) is 4.70. The van der Waals surface area contributed by atoms with Crippen molar-refractivity contribution in [3.05, 3.63) is 33.3 Å². The quantitative estimate of drug-likeness (QED) is 0.912. The third kappa shape index (κ3) is 3.08. The fraction of sp³-hybridized carbons (Fsp3) is 0.571. The monoisotopic (exact) mass is 330 g/mol. The van der Waals surface area contributed by atoms with Gasteiger partial charge in [-0.1, -0.05) is 41.4 Å². The fourth-order valence-corrected chi connectivity index (χ4v) is 3.33. The van der Waals surface area contributed by atoms with Crippen molar-refractivity contribution in [1.29, 1.82) is 0 Å². The highest BCUT2D eigenvalue weighted by molar-refractivity contribution is 9.10. The average Bonchev–Trinajstić information content (AvgIpc) is 2.63. The third-order valence-electron chi connectivity index (χ3n) is 3.42. The minimum absolute atomic E-state index is 0.176. The molecule has 1 saturated heterocycles. The van der Waals surface area contributed by atoms with Gasteiger partial charge in [0.25, 0.3) is 0 Å². The van der Waals surface area contributed by atoms with Crippen molar-refractivity contribution in [2.75, 3.05) is 13.1 Å². The van der Waals surface area contributed by atoms with Crippen LogP contribution < -0.4 is 5.73 Å². The van der Waals surface area contributed by atoms with E-state index in [4.69, 9.17) is 17.3 Å². The molecular formula is C14H20BrClN2. The van der Waals surface area contributed by atoms with E-state index in [0.717, 1.165) is 34.6 Å². The van der Waals surface area contributed by atoms with Crippen molar-refractivity contribution in [1.82, 2.24) is 4.90 Å². The first-order chi connectivity index (χ1) is 8.49. The summed E-state index contributed by atoms with van der Waals surface area (Å²) in [4.78, 5) is 2.46. The van der Waals surface area contributed by atoms with Crippen LogP contribution >= 0.6 is 27.5 Å². The van der Waals surface area contributed by atoms with Crippen LogP contribution in [0.25, 0.3) is 0 Å². The van der Waals surface area contributed by atoms with Gasteiger partial charge in [-0.05, 0) is 36.1 Å². The zero-order valence-electron chi connectivity index (χ0n) is 10.9. The second kappa shape index (κ2) is 5.91. The van der Waals surface area contributed by atoms with Crippen LogP contribution in [0, 0.1) is 5.92 Å². The molecule has 0 saturated carbocycles. The summed E-state index contributed by atoms with van der Waals surface area (Å²) in [5, 5.41) is 0.814. The first kappa shape index (κ1) is 14.3. The molecule has 1 heterocycles. The predicted octanol–water partition coefficient (Wildman–Crippen LogP) is 3.83. The van der Waals surface area contributed by atoms with Crippen LogP contribution in [-0.2, 0) is 0 Å². The van der Waals surface area contributed by atoms with Crippen molar-refractivity contribution in [3.8, 4) is 0 Å². The molecule has 1 aromatic rings. The van der Waals surface area contributed by atoms with Crippen molar-refractivity contribution < 1.29 is 0 Å². The van der Waals surface area contributed by atoms with Gasteiger partial charge in [0.05, 0.1) is 6.04 Å². The van der Waals surface area contributed by atoms with Crippen LogP contribution in [0.3, 0.4) is 0 Å². The standard InChI is InChI=1S/C14H20BrClN2/c1-9(2)8-18-6-5-13(17)14(18)11-7-10(15)3-4-12(11)16/h3-4,7,9,13-14H,5-6,8,17H2,1-2H3. The summed E-state index contributed by atoms with van der Waals surface area (Å²) in [5.74, 6) is 0.642. The van der Waals surface area contributed by atoms with E-state index in [0.29, 0.717) is 5.92 Å². The summed E-state index contributed by atoms with van der Waals surface area (Å²) in [7, 11) is 0. The van der Waals surface area contributed by atoms with Crippen LogP contribution in [0.5, 0.6) is 0 Å². The first-order valence-electron chi connectivity index (χ1n) is 6.43. The van der Waals surface area contributed by atoms with Crippen molar-refractivity contribution in [2.24, 2.45) is 11.7 Å². The van der Waals surface area contributed by atoms with Crippen LogP contribution in [-0.4, -0.2) is 24.0 Å². The van der Waals surface area contributed by atoms with Crippen LogP contribution in [0.4, 0.5) is 0 Å². The summed E-state index contributed by atoms with van der Waals surface area (Å²) in [6.45, 7) is 6.61. The molecule has 2 N–H and O–H groups in total. The van der Waals surface area contributed by atoms with Crippen molar-refractivity contribution in [2.45, 2.75) is 32.4 Å². The van der Waals surface area contributed by atoms with Crippen molar-refractivity contribution in [3.63, 3.8) is 0 Å². The van der Waals surface area contributed by atoms with Crippen molar-refractivity contribution >= 4 is 27.5 Å². The van der Waals surface area contributed by atoms with E-state index < -0.39 is 0 Å². The van der Waals surface area contributed by atoms with Gasteiger partial charge in [0, 0.05) is 28.6 Å². The minimum atomic E-state index is 0.176. The zero-order chi connectivity index (χ0) is 13.3. The largest absolute Gasteiger partial charge is 0.326 e. The third-order valence-corrected chi connectivity index (χ3v) is 4.26. The summed E-state index contributed by atoms with van der Waals surface area (Å²) < 4.78 is 1.06. The van der Waals surface area contributed by atoms with E-state index in [9.17, 15) is 0 Å². The number of nitrogens with two attached hydrogens (primary N) is 1. The number of benzene rings is 1. The Labute approximate surface area is 123 Å². The molecular weight excluding hydrogens is 312 g/mol. The number of hydrogen-bond acceptors (Lipinski definition) is 2. The molecule has 1 aliphatic rings. The smallest absolute Gasteiger partial charge is 0.0514 e. The van der Waals surface area contributed by atoms with Gasteiger partial charge in [-0.2, -0.15) is 0 Å². The van der Waals surface area contributed by atoms with Gasteiger partial charge in [-0.15, -0.1) is 0 Å². The molecule has 2 nitrogen and oxygen atoms in total. The SMILES string of the molecule is CC(C)CN1CCC(N)C1c1cc(Br)ccc1Cl. The van der Waals surface area contributed by atoms with E-state index >= 15 is 0 Å². The van der Waals surface area contributed by atoms with Gasteiger partial charge in [-0.25, -0.2) is 0 Å². The first-order valence-corrected chi connectivity index (χ1v) is 7.60. The molecule has 18 heavy (non-hydrogen) atoms. The Morgan fingerprint density at radius 3 is 2.89 bits per heavy atom. The Morgan fingerprint density at radius 1 is 1.50 bits per heavy atom. The molecule has 0 bridgehead atoms. The molecule has 0 spiro atoms. The molecule has 0 aliphatic carbocycles. The Hall–Kier alpha value is -0.0900. The topological polar surface area (TPSA) is 29.3 Å². The van der Waals surface area contributed by atoms with Gasteiger partial charge in [0.15, 0.2) is 0 Å². The Morgan fingerprint density at radius 2 is 2.22 bits per heavy atom. The van der Waals surface area contributed by atoms with Crippen LogP contribution in [0.1, 0.15) is 31.9 Å². The molecule has 2 unspecified atom stereocenters. The van der Waals surface area contributed by atoms with Gasteiger partial charge < -0.3 is 5.73 Å². The molecule has 1 fully saturated rings. The molecule has 2 rings (SSSR count). The molecule has 100 valence electrons. The van der Waals surface area contributed by atoms with Gasteiger partial charge in [0.2, 0.25) is 0 Å². The molecule has 1 aliphatic heterocycles. The summed E-state index contributed by atoms with van der Waals surface area (Å²) in [6, 6.07) is 6.44. The molecule has 0 amide bonds. The summed E-state index contributed by atoms with van der Waals surface area (Å²) >= 11 is 9.86. The molecule has 1 aromatic carbocycles. The normalized spacial score (nSPS) is 25.0. The summed E-state index contributed by atoms with van der Waals surface area (Å²) in [5.41, 5.74) is 7.43. The second-order valence-corrected chi connectivity index (χ2v) is 6.77. The maximum absolute atomic E-state index is 6.34. The van der Waals surface area contributed by atoms with E-state index in [1.165, 1.54) is 0 Å². The highest BCUT2D eigenvalue weighted by Crippen LogP contribution is 2.36. The zero-order valence-corrected chi connectivity index (χ0v) is 13.2. The molecule has 0 radical (unpaired) electrons. The van der Waals surface area contributed by atoms with Gasteiger partial charge in [-0.3, -0.25) is 4.90 Å². The molecule has 0 aromatic heterocycles. The lowest BCUT2D eigenvalue weighted by atomic mass is 10.00. The molecule has 4 heteroatoms. The number of likely N-dealkylation sites (tertiary alicyclic amines) is 1. The van der Waals surface area contributed by atoms with E-state index in [-0.39, 0.29) is 12.1 Å². The lowest BCUT2D eigenvalue weighted by Gasteiger charge is -2.29. The van der Waals surface area contributed by atoms with Gasteiger partial charge in [0.1, 0.15) is 0 Å². The number of nitrogens with zero attached hydrogens (tertiary/aromatic N) is 1. The van der Waals surface area contributed by atoms with Crippen LogP contribution in [0.2, 0.25) is 5.02 Å². The van der Waals surface area contributed by atoms with Gasteiger partial charge >= 0.3 is 0 Å². The van der Waals surface area contributed by atoms with E-state index in [2.05, 4.69) is 40.7 Å². The summed E-state index contributed by atoms with van der Waals surface area (Å²) in [6.07, 6.45) is 1.04. The van der Waals surface area contributed by atoms with Crippen LogP contribution in [0.15, 0.2) is 22.7 Å². The molecule has 2 atom stereocenters.